The molecule has 0 saturated carbocycles. The Kier molecular flexibility index (Phi) is 6.27. The van der Waals surface area contributed by atoms with Gasteiger partial charge >= 0.3 is 0 Å². The Morgan fingerprint density at radius 3 is 2.69 bits per heavy atom. The summed E-state index contributed by atoms with van der Waals surface area (Å²) in [6.07, 6.45) is 3.48. The monoisotopic (exact) mass is 447 g/mol. The van der Waals surface area contributed by atoms with E-state index in [2.05, 4.69) is 26.3 Å². The van der Waals surface area contributed by atoms with Crippen LogP contribution in [0.15, 0.2) is 61.2 Å². The SMILES string of the molecule is Cc1cccc(-c2n[nH]c(=S)n2CCC(=O)N(C)C(C)c2ccc(-n3cncn3)cc2)c1. The van der Waals surface area contributed by atoms with E-state index in [1.165, 1.54) is 6.33 Å². The molecule has 32 heavy (non-hydrogen) atoms. The second-order valence-electron chi connectivity index (χ2n) is 7.74. The van der Waals surface area contributed by atoms with E-state index < -0.39 is 0 Å². The van der Waals surface area contributed by atoms with Gasteiger partial charge in [0.05, 0.1) is 11.7 Å². The summed E-state index contributed by atoms with van der Waals surface area (Å²) in [7, 11) is 1.83. The standard InChI is InChI=1S/C23H25N7OS/c1-16-5-4-6-19(13-16)22-26-27-23(32)29(22)12-11-21(31)28(3)17(2)18-7-9-20(10-8-18)30-15-24-14-25-30/h4-10,13-15,17H,11-12H2,1-3H3,(H,27,32). The van der Waals surface area contributed by atoms with Crippen molar-refractivity contribution in [3.8, 4) is 17.1 Å². The number of hydrogen-bond donors (Lipinski definition) is 1. The van der Waals surface area contributed by atoms with Crippen LogP contribution in [-0.4, -0.2) is 47.4 Å². The van der Waals surface area contributed by atoms with Gasteiger partial charge in [-0.1, -0.05) is 35.9 Å². The van der Waals surface area contributed by atoms with Crippen molar-refractivity contribution in [3.05, 3.63) is 77.1 Å². The highest BCUT2D eigenvalue weighted by atomic mass is 32.1. The molecule has 1 amide bonds. The van der Waals surface area contributed by atoms with E-state index in [4.69, 9.17) is 12.2 Å². The van der Waals surface area contributed by atoms with Gasteiger partial charge in [0.25, 0.3) is 0 Å². The number of H-pyrrole nitrogens is 1. The zero-order chi connectivity index (χ0) is 22.7. The van der Waals surface area contributed by atoms with Gasteiger partial charge in [0.15, 0.2) is 10.6 Å². The van der Waals surface area contributed by atoms with E-state index in [9.17, 15) is 4.79 Å². The Bertz CT molecular complexity index is 1260. The highest BCUT2D eigenvalue weighted by Crippen LogP contribution is 2.22. The summed E-state index contributed by atoms with van der Waals surface area (Å²) >= 11 is 5.41. The summed E-state index contributed by atoms with van der Waals surface area (Å²) in [6.45, 7) is 4.51. The Balaban J connectivity index is 1.43. The number of rotatable bonds is 7. The molecule has 4 rings (SSSR count). The topological polar surface area (TPSA) is 84.6 Å². The average Bonchev–Trinajstić information content (AvgIpc) is 3.47. The van der Waals surface area contributed by atoms with Crippen LogP contribution in [0.4, 0.5) is 0 Å². The maximum atomic E-state index is 12.9. The molecular formula is C23H25N7OS. The van der Waals surface area contributed by atoms with Crippen molar-refractivity contribution in [2.24, 2.45) is 0 Å². The minimum absolute atomic E-state index is 0.0381. The molecule has 1 atom stereocenters. The van der Waals surface area contributed by atoms with Gasteiger partial charge in [-0.2, -0.15) is 10.2 Å². The van der Waals surface area contributed by atoms with Crippen LogP contribution < -0.4 is 0 Å². The highest BCUT2D eigenvalue weighted by molar-refractivity contribution is 7.71. The second-order valence-corrected chi connectivity index (χ2v) is 8.12. The lowest BCUT2D eigenvalue weighted by atomic mass is 10.1. The van der Waals surface area contributed by atoms with Gasteiger partial charge in [0.1, 0.15) is 12.7 Å². The van der Waals surface area contributed by atoms with Crippen LogP contribution in [0.5, 0.6) is 0 Å². The third kappa shape index (κ3) is 4.52. The van der Waals surface area contributed by atoms with Crippen molar-refractivity contribution in [2.45, 2.75) is 32.9 Å². The Morgan fingerprint density at radius 2 is 2.00 bits per heavy atom. The quantitative estimate of drug-likeness (QED) is 0.431. The minimum Gasteiger partial charge on any atom is -0.339 e. The zero-order valence-electron chi connectivity index (χ0n) is 18.3. The maximum Gasteiger partial charge on any atom is 0.224 e. The minimum atomic E-state index is -0.0686. The highest BCUT2D eigenvalue weighted by Gasteiger charge is 2.19. The van der Waals surface area contributed by atoms with Gasteiger partial charge in [0.2, 0.25) is 5.91 Å². The van der Waals surface area contributed by atoms with Crippen LogP contribution in [-0.2, 0) is 11.3 Å². The summed E-state index contributed by atoms with van der Waals surface area (Å²) in [5.74, 6) is 0.780. The molecule has 4 aromatic rings. The third-order valence-electron chi connectivity index (χ3n) is 5.62. The lowest BCUT2D eigenvalue weighted by molar-refractivity contribution is -0.132. The van der Waals surface area contributed by atoms with E-state index in [-0.39, 0.29) is 11.9 Å². The molecule has 1 N–H and O–H groups in total. The molecule has 0 radical (unpaired) electrons. The second kappa shape index (κ2) is 9.27. The number of amides is 1. The van der Waals surface area contributed by atoms with Crippen LogP contribution in [0, 0.1) is 11.7 Å². The number of hydrogen-bond acceptors (Lipinski definition) is 5. The summed E-state index contributed by atoms with van der Waals surface area (Å²) in [6, 6.07) is 16.0. The Hall–Kier alpha value is -3.59. The number of aromatic nitrogens is 6. The number of carbonyl (C=O) groups is 1. The molecule has 0 aliphatic carbocycles. The molecule has 0 saturated heterocycles. The van der Waals surface area contributed by atoms with Crippen molar-refractivity contribution in [1.29, 1.82) is 0 Å². The molecule has 0 fully saturated rings. The molecule has 2 heterocycles. The predicted octanol–water partition coefficient (Wildman–Crippen LogP) is 4.11. The summed E-state index contributed by atoms with van der Waals surface area (Å²) in [5, 5.41) is 11.4. The summed E-state index contributed by atoms with van der Waals surface area (Å²) in [5.41, 5.74) is 4.08. The number of nitrogens with zero attached hydrogens (tertiary/aromatic N) is 6. The van der Waals surface area contributed by atoms with Crippen molar-refractivity contribution < 1.29 is 4.79 Å². The van der Waals surface area contributed by atoms with Crippen molar-refractivity contribution in [2.75, 3.05) is 7.05 Å². The average molecular weight is 448 g/mol. The van der Waals surface area contributed by atoms with Gasteiger partial charge in [0, 0.05) is 25.6 Å². The third-order valence-corrected chi connectivity index (χ3v) is 5.93. The fourth-order valence-electron chi connectivity index (χ4n) is 3.60. The van der Waals surface area contributed by atoms with E-state index in [1.54, 1.807) is 15.9 Å². The van der Waals surface area contributed by atoms with Crippen LogP contribution in [0.1, 0.15) is 30.5 Å². The molecule has 1 unspecified atom stereocenters. The number of aromatic amines is 1. The van der Waals surface area contributed by atoms with Gasteiger partial charge in [-0.05, 0) is 49.8 Å². The van der Waals surface area contributed by atoms with E-state index >= 15 is 0 Å². The van der Waals surface area contributed by atoms with Crippen LogP contribution in [0.25, 0.3) is 17.1 Å². The first-order valence-corrected chi connectivity index (χ1v) is 10.8. The maximum absolute atomic E-state index is 12.9. The number of benzene rings is 2. The zero-order valence-corrected chi connectivity index (χ0v) is 19.1. The molecule has 2 aromatic heterocycles. The van der Waals surface area contributed by atoms with Crippen LogP contribution in [0.3, 0.4) is 0 Å². The fraction of sp³-hybridized carbons (Fsp3) is 0.261. The first-order valence-electron chi connectivity index (χ1n) is 10.4. The van der Waals surface area contributed by atoms with Gasteiger partial charge in [-0.25, -0.2) is 9.67 Å². The Labute approximate surface area is 191 Å². The first kappa shape index (κ1) is 21.6. The molecule has 0 spiro atoms. The predicted molar refractivity (Wildman–Crippen MR) is 125 cm³/mol. The molecule has 0 aliphatic rings. The number of aryl methyl sites for hydroxylation is 1. The molecule has 164 valence electrons. The van der Waals surface area contributed by atoms with E-state index in [0.29, 0.717) is 17.7 Å². The first-order chi connectivity index (χ1) is 15.4. The van der Waals surface area contributed by atoms with E-state index in [1.807, 2.05) is 67.9 Å². The fourth-order valence-corrected chi connectivity index (χ4v) is 3.82. The lowest BCUT2D eigenvalue weighted by Gasteiger charge is -2.25. The number of carbonyl (C=O) groups excluding carboxylic acids is 1. The molecule has 0 aliphatic heterocycles. The van der Waals surface area contributed by atoms with Crippen LogP contribution in [0.2, 0.25) is 0 Å². The van der Waals surface area contributed by atoms with Crippen LogP contribution >= 0.6 is 12.2 Å². The Morgan fingerprint density at radius 1 is 1.22 bits per heavy atom. The smallest absolute Gasteiger partial charge is 0.224 e. The molecular weight excluding hydrogens is 422 g/mol. The molecule has 0 bridgehead atoms. The van der Waals surface area contributed by atoms with Crippen molar-refractivity contribution in [1.82, 2.24) is 34.4 Å². The molecule has 8 nitrogen and oxygen atoms in total. The van der Waals surface area contributed by atoms with E-state index in [0.717, 1.165) is 28.2 Å². The van der Waals surface area contributed by atoms with Gasteiger partial charge in [-0.3, -0.25) is 14.5 Å². The van der Waals surface area contributed by atoms with Gasteiger partial charge in [-0.15, -0.1) is 0 Å². The normalized spacial score (nSPS) is 12.0. The largest absolute Gasteiger partial charge is 0.339 e. The van der Waals surface area contributed by atoms with Crippen molar-refractivity contribution in [3.63, 3.8) is 0 Å². The number of nitrogens with one attached hydrogen (secondary N) is 1. The van der Waals surface area contributed by atoms with Gasteiger partial charge < -0.3 is 4.90 Å². The summed E-state index contributed by atoms with van der Waals surface area (Å²) in [4.78, 5) is 18.7. The molecule has 2 aromatic carbocycles. The molecule has 9 heteroatoms. The van der Waals surface area contributed by atoms with Crippen molar-refractivity contribution >= 4 is 18.1 Å². The lowest BCUT2D eigenvalue weighted by Crippen LogP contribution is -2.30. The summed E-state index contributed by atoms with van der Waals surface area (Å²) < 4.78 is 4.09.